The summed E-state index contributed by atoms with van der Waals surface area (Å²) in [5.41, 5.74) is 1.51. The molecule has 1 aromatic rings. The molecule has 2 heteroatoms. The molecule has 1 aliphatic rings. The van der Waals surface area contributed by atoms with E-state index in [2.05, 4.69) is 59.4 Å². The highest BCUT2D eigenvalue weighted by atomic mass is 79.9. The van der Waals surface area contributed by atoms with E-state index in [1.807, 2.05) is 0 Å². The summed E-state index contributed by atoms with van der Waals surface area (Å²) in [7, 11) is 0. The Morgan fingerprint density at radius 1 is 1.29 bits per heavy atom. The Hall–Kier alpha value is -0.340. The van der Waals surface area contributed by atoms with E-state index >= 15 is 0 Å². The van der Waals surface area contributed by atoms with Gasteiger partial charge >= 0.3 is 0 Å². The Balaban J connectivity index is 2.12. The van der Waals surface area contributed by atoms with Crippen LogP contribution in [-0.2, 0) is 0 Å². The monoisotopic (exact) mass is 295 g/mol. The highest BCUT2D eigenvalue weighted by Gasteiger charge is 2.26. The van der Waals surface area contributed by atoms with Gasteiger partial charge in [-0.25, -0.2) is 0 Å². The maximum absolute atomic E-state index is 3.54. The molecule has 1 aliphatic heterocycles. The number of hydrogen-bond acceptors (Lipinski definition) is 1. The van der Waals surface area contributed by atoms with Crippen LogP contribution in [0.2, 0.25) is 0 Å². The first-order chi connectivity index (χ1) is 8.16. The molecule has 2 unspecified atom stereocenters. The highest BCUT2D eigenvalue weighted by Crippen LogP contribution is 2.34. The molecule has 0 radical (unpaired) electrons. The summed E-state index contributed by atoms with van der Waals surface area (Å²) in [6.07, 6.45) is 2.60. The van der Waals surface area contributed by atoms with E-state index in [1.54, 1.807) is 0 Å². The molecule has 0 aromatic heterocycles. The Morgan fingerprint density at radius 2 is 2.00 bits per heavy atom. The number of rotatable bonds is 3. The minimum Gasteiger partial charge on any atom is -0.316 e. The zero-order valence-corrected chi connectivity index (χ0v) is 12.3. The van der Waals surface area contributed by atoms with E-state index < -0.39 is 0 Å². The van der Waals surface area contributed by atoms with Crippen LogP contribution >= 0.6 is 15.9 Å². The lowest BCUT2D eigenvalue weighted by atomic mass is 9.77. The van der Waals surface area contributed by atoms with E-state index in [9.17, 15) is 0 Å². The van der Waals surface area contributed by atoms with E-state index in [-0.39, 0.29) is 0 Å². The molecule has 1 nitrogen and oxygen atoms in total. The predicted octanol–water partition coefficient (Wildman–Crippen LogP) is 4.19. The molecule has 2 rings (SSSR count). The minimum atomic E-state index is 0.742. The Morgan fingerprint density at radius 3 is 2.65 bits per heavy atom. The molecular weight excluding hydrogens is 274 g/mol. The first kappa shape index (κ1) is 13.1. The second-order valence-electron chi connectivity index (χ2n) is 5.54. The first-order valence-corrected chi connectivity index (χ1v) is 7.42. The van der Waals surface area contributed by atoms with Crippen LogP contribution in [0.4, 0.5) is 0 Å². The third kappa shape index (κ3) is 3.56. The third-order valence-corrected chi connectivity index (χ3v) is 4.21. The molecule has 2 atom stereocenters. The van der Waals surface area contributed by atoms with E-state index in [0.29, 0.717) is 0 Å². The Bertz CT molecular complexity index is 344. The van der Waals surface area contributed by atoms with Crippen molar-refractivity contribution in [2.75, 3.05) is 13.1 Å². The molecule has 17 heavy (non-hydrogen) atoms. The van der Waals surface area contributed by atoms with Gasteiger partial charge in [0.15, 0.2) is 0 Å². The average Bonchev–Trinajstić information content (AvgIpc) is 2.30. The van der Waals surface area contributed by atoms with Crippen LogP contribution in [0.3, 0.4) is 0 Å². The summed E-state index contributed by atoms with van der Waals surface area (Å²) in [6.45, 7) is 6.99. The van der Waals surface area contributed by atoms with Crippen molar-refractivity contribution < 1.29 is 0 Å². The van der Waals surface area contributed by atoms with E-state index in [1.165, 1.54) is 29.4 Å². The second-order valence-corrected chi connectivity index (χ2v) is 6.46. The van der Waals surface area contributed by atoms with Gasteiger partial charge in [-0.3, -0.25) is 0 Å². The normalized spacial score (nSPS) is 25.2. The molecule has 0 saturated carbocycles. The van der Waals surface area contributed by atoms with Crippen LogP contribution in [0.25, 0.3) is 0 Å². The maximum atomic E-state index is 3.54. The van der Waals surface area contributed by atoms with Gasteiger partial charge in [0.25, 0.3) is 0 Å². The zero-order chi connectivity index (χ0) is 12.3. The maximum Gasteiger partial charge on any atom is 0.0175 e. The molecule has 0 spiro atoms. The SMILES string of the molecule is CC(C)CC1CNCCC1c1ccc(Br)cc1. The van der Waals surface area contributed by atoms with Crippen LogP contribution in [0.5, 0.6) is 0 Å². The quantitative estimate of drug-likeness (QED) is 0.882. The van der Waals surface area contributed by atoms with Gasteiger partial charge in [-0.2, -0.15) is 0 Å². The lowest BCUT2D eigenvalue weighted by molar-refractivity contribution is 0.280. The topological polar surface area (TPSA) is 12.0 Å². The van der Waals surface area contributed by atoms with Gasteiger partial charge < -0.3 is 5.32 Å². The molecule has 1 aromatic carbocycles. The molecule has 0 bridgehead atoms. The smallest absolute Gasteiger partial charge is 0.0175 e. The lowest BCUT2D eigenvalue weighted by Crippen LogP contribution is -2.36. The molecule has 0 amide bonds. The standard InChI is InChI=1S/C15H22BrN/c1-11(2)9-13-10-17-8-7-15(13)12-3-5-14(16)6-4-12/h3-6,11,13,15,17H,7-10H2,1-2H3. The van der Waals surface area contributed by atoms with Gasteiger partial charge in [0, 0.05) is 4.47 Å². The van der Waals surface area contributed by atoms with Crippen molar-refractivity contribution in [1.29, 1.82) is 0 Å². The third-order valence-electron chi connectivity index (χ3n) is 3.68. The summed E-state index contributed by atoms with van der Waals surface area (Å²) in [5.74, 6) is 2.33. The Kier molecular flexibility index (Phi) is 4.63. The lowest BCUT2D eigenvalue weighted by Gasteiger charge is -2.33. The van der Waals surface area contributed by atoms with Crippen LogP contribution in [0, 0.1) is 11.8 Å². The molecule has 1 N–H and O–H groups in total. The number of nitrogens with one attached hydrogen (secondary N) is 1. The summed E-state index contributed by atoms with van der Waals surface area (Å²) in [6, 6.07) is 8.91. The fourth-order valence-electron chi connectivity index (χ4n) is 2.92. The summed E-state index contributed by atoms with van der Waals surface area (Å²) >= 11 is 3.51. The summed E-state index contributed by atoms with van der Waals surface area (Å²) in [5, 5.41) is 3.54. The van der Waals surface area contributed by atoms with E-state index in [4.69, 9.17) is 0 Å². The zero-order valence-electron chi connectivity index (χ0n) is 10.7. The largest absolute Gasteiger partial charge is 0.316 e. The van der Waals surface area contributed by atoms with Crippen molar-refractivity contribution in [2.24, 2.45) is 11.8 Å². The van der Waals surface area contributed by atoms with Crippen molar-refractivity contribution in [1.82, 2.24) is 5.32 Å². The summed E-state index contributed by atoms with van der Waals surface area (Å²) in [4.78, 5) is 0. The van der Waals surface area contributed by atoms with Crippen molar-refractivity contribution in [3.05, 3.63) is 34.3 Å². The van der Waals surface area contributed by atoms with Crippen molar-refractivity contribution >= 4 is 15.9 Å². The molecular formula is C15H22BrN. The first-order valence-electron chi connectivity index (χ1n) is 6.63. The molecule has 1 fully saturated rings. The van der Waals surface area contributed by atoms with Gasteiger partial charge in [0.05, 0.1) is 0 Å². The number of halogens is 1. The second kappa shape index (κ2) is 6.01. The van der Waals surface area contributed by atoms with E-state index in [0.717, 1.165) is 24.3 Å². The van der Waals surface area contributed by atoms with Crippen LogP contribution < -0.4 is 5.32 Å². The van der Waals surface area contributed by atoms with Gasteiger partial charge in [-0.05, 0) is 61.4 Å². The number of hydrogen-bond donors (Lipinski definition) is 1. The highest BCUT2D eigenvalue weighted by molar-refractivity contribution is 9.10. The van der Waals surface area contributed by atoms with Crippen LogP contribution in [-0.4, -0.2) is 13.1 Å². The Labute approximate surface area is 113 Å². The van der Waals surface area contributed by atoms with Gasteiger partial charge in [0.2, 0.25) is 0 Å². The van der Waals surface area contributed by atoms with Crippen LogP contribution in [0.15, 0.2) is 28.7 Å². The van der Waals surface area contributed by atoms with Gasteiger partial charge in [-0.15, -0.1) is 0 Å². The number of benzene rings is 1. The predicted molar refractivity (Wildman–Crippen MR) is 77.3 cm³/mol. The fourth-order valence-corrected chi connectivity index (χ4v) is 3.19. The molecule has 0 aliphatic carbocycles. The molecule has 94 valence electrons. The average molecular weight is 296 g/mol. The fraction of sp³-hybridized carbons (Fsp3) is 0.600. The van der Waals surface area contributed by atoms with Gasteiger partial charge in [0.1, 0.15) is 0 Å². The minimum absolute atomic E-state index is 0.742. The van der Waals surface area contributed by atoms with Crippen molar-refractivity contribution in [2.45, 2.75) is 32.6 Å². The molecule has 1 saturated heterocycles. The van der Waals surface area contributed by atoms with Crippen molar-refractivity contribution in [3.63, 3.8) is 0 Å². The molecule has 1 heterocycles. The van der Waals surface area contributed by atoms with Gasteiger partial charge in [-0.1, -0.05) is 41.9 Å². The summed E-state index contributed by atoms with van der Waals surface area (Å²) < 4.78 is 1.18. The number of piperidine rings is 1. The van der Waals surface area contributed by atoms with Crippen LogP contribution in [0.1, 0.15) is 38.2 Å². The van der Waals surface area contributed by atoms with Crippen molar-refractivity contribution in [3.8, 4) is 0 Å².